The van der Waals surface area contributed by atoms with Gasteiger partial charge in [0.05, 0.1) is 25.0 Å². The number of ether oxygens (including phenoxy) is 1. The Morgan fingerprint density at radius 2 is 1.89 bits per heavy atom. The van der Waals surface area contributed by atoms with Crippen LogP contribution in [0.1, 0.15) is 0 Å². The van der Waals surface area contributed by atoms with E-state index in [4.69, 9.17) is 16.3 Å². The van der Waals surface area contributed by atoms with Crippen LogP contribution in [0.15, 0.2) is 30.5 Å². The van der Waals surface area contributed by atoms with Crippen LogP contribution >= 0.6 is 11.6 Å². The van der Waals surface area contributed by atoms with E-state index in [1.807, 2.05) is 24.3 Å². The highest BCUT2D eigenvalue weighted by molar-refractivity contribution is 6.30. The molecule has 2 aromatic rings. The first-order valence-electron chi connectivity index (χ1n) is 6.15. The Morgan fingerprint density at radius 1 is 1.21 bits per heavy atom. The molecule has 1 aliphatic rings. The molecule has 1 aliphatic heterocycles. The molecule has 6 heteroatoms. The number of aromatic nitrogens is 2. The topological polar surface area (TPSA) is 61.0 Å². The summed E-state index contributed by atoms with van der Waals surface area (Å²) < 4.78 is 4.84. The van der Waals surface area contributed by atoms with E-state index in [0.717, 1.165) is 11.1 Å². The number of nitrogens with one attached hydrogen (secondary N) is 1. The van der Waals surface area contributed by atoms with Crippen LogP contribution in [-0.2, 0) is 4.74 Å². The molecule has 0 saturated carbocycles. The average molecular weight is 280 g/mol. The largest absolute Gasteiger partial charge is 0.626 e. The Hall–Kier alpha value is -1.40. The second kappa shape index (κ2) is 4.94. The highest BCUT2D eigenvalue weighted by Gasteiger charge is 2.29. The van der Waals surface area contributed by atoms with E-state index in [0.29, 0.717) is 37.1 Å². The molecule has 1 N–H and O–H groups in total. The maximum absolute atomic E-state index is 12.8. The van der Waals surface area contributed by atoms with E-state index in [1.165, 1.54) is 0 Å². The third-order valence-electron chi connectivity index (χ3n) is 3.38. The molecular formula is C13H14ClN3O2. The lowest BCUT2D eigenvalue weighted by Crippen LogP contribution is -2.52. The molecule has 2 heterocycles. The SMILES string of the molecule is [O-][N+]1(c2[nH]ncc2-c2ccc(Cl)cc2)CCOCC1. The monoisotopic (exact) mass is 279 g/mol. The van der Waals surface area contributed by atoms with Crippen molar-refractivity contribution < 1.29 is 4.74 Å². The Labute approximate surface area is 115 Å². The fraction of sp³-hybridized carbons (Fsp3) is 0.308. The third-order valence-corrected chi connectivity index (χ3v) is 3.63. The fourth-order valence-electron chi connectivity index (χ4n) is 2.29. The molecule has 0 bridgehead atoms. The van der Waals surface area contributed by atoms with Crippen LogP contribution in [0.2, 0.25) is 5.02 Å². The standard InChI is InChI=1S/C13H14ClN3O2/c14-11-3-1-10(2-4-11)12-9-15-16-13(12)17(18)5-7-19-8-6-17/h1-4,9H,5-8H2,(H,15,16). The number of morpholine rings is 1. The highest BCUT2D eigenvalue weighted by atomic mass is 35.5. The van der Waals surface area contributed by atoms with Gasteiger partial charge in [0.2, 0.25) is 5.82 Å². The van der Waals surface area contributed by atoms with Gasteiger partial charge in [-0.1, -0.05) is 23.7 Å². The van der Waals surface area contributed by atoms with Crippen molar-refractivity contribution >= 4 is 17.4 Å². The number of aromatic amines is 1. The van der Waals surface area contributed by atoms with Crippen LogP contribution < -0.4 is 4.65 Å². The minimum Gasteiger partial charge on any atom is -0.626 e. The Kier molecular flexibility index (Phi) is 3.28. The summed E-state index contributed by atoms with van der Waals surface area (Å²) in [5.74, 6) is 0.589. The van der Waals surface area contributed by atoms with Crippen molar-refractivity contribution in [2.24, 2.45) is 0 Å². The quantitative estimate of drug-likeness (QED) is 0.679. The first-order valence-corrected chi connectivity index (χ1v) is 6.52. The van der Waals surface area contributed by atoms with Gasteiger partial charge in [0.1, 0.15) is 13.1 Å². The second-order valence-corrected chi connectivity index (χ2v) is 5.02. The van der Waals surface area contributed by atoms with Gasteiger partial charge in [-0.25, -0.2) is 5.10 Å². The summed E-state index contributed by atoms with van der Waals surface area (Å²) in [5, 5.41) is 20.4. The number of hydrogen-bond acceptors (Lipinski definition) is 3. The number of hydroxylamine groups is 2. The Morgan fingerprint density at radius 3 is 2.58 bits per heavy atom. The second-order valence-electron chi connectivity index (χ2n) is 4.59. The summed E-state index contributed by atoms with van der Waals surface area (Å²) in [6, 6.07) is 7.40. The molecule has 1 aromatic heterocycles. The summed E-state index contributed by atoms with van der Waals surface area (Å²) in [6.07, 6.45) is 1.69. The Balaban J connectivity index is 2.00. The Bertz CT molecular complexity index is 562. The minimum atomic E-state index is -0.419. The van der Waals surface area contributed by atoms with Crippen LogP contribution in [0.3, 0.4) is 0 Å². The zero-order chi connectivity index (χ0) is 13.3. The molecule has 0 radical (unpaired) electrons. The number of H-pyrrole nitrogens is 1. The van der Waals surface area contributed by atoms with E-state index in [1.54, 1.807) is 6.20 Å². The van der Waals surface area contributed by atoms with E-state index >= 15 is 0 Å². The van der Waals surface area contributed by atoms with Crippen molar-refractivity contribution in [3.05, 3.63) is 40.7 Å². The predicted molar refractivity (Wildman–Crippen MR) is 74.7 cm³/mol. The molecular weight excluding hydrogens is 266 g/mol. The van der Waals surface area contributed by atoms with Gasteiger partial charge in [-0.3, -0.25) is 0 Å². The summed E-state index contributed by atoms with van der Waals surface area (Å²) in [6.45, 7) is 1.76. The van der Waals surface area contributed by atoms with Crippen molar-refractivity contribution in [3.63, 3.8) is 0 Å². The first-order chi connectivity index (χ1) is 9.19. The van der Waals surface area contributed by atoms with Gasteiger partial charge in [0.15, 0.2) is 0 Å². The zero-order valence-corrected chi connectivity index (χ0v) is 11.1. The molecule has 1 fully saturated rings. The summed E-state index contributed by atoms with van der Waals surface area (Å²) in [5.41, 5.74) is 1.77. The van der Waals surface area contributed by atoms with Crippen molar-refractivity contribution in [1.82, 2.24) is 14.8 Å². The normalized spacial score (nSPS) is 18.4. The number of benzene rings is 1. The predicted octanol–water partition coefficient (Wildman–Crippen LogP) is 2.57. The van der Waals surface area contributed by atoms with E-state index in [-0.39, 0.29) is 0 Å². The molecule has 0 amide bonds. The summed E-state index contributed by atoms with van der Waals surface area (Å²) >= 11 is 5.88. The number of nitrogens with zero attached hydrogens (tertiary/aromatic N) is 2. The lowest BCUT2D eigenvalue weighted by molar-refractivity contribution is 0.0603. The van der Waals surface area contributed by atoms with Gasteiger partial charge in [0, 0.05) is 5.02 Å². The number of hydrogen-bond donors (Lipinski definition) is 1. The number of halogens is 1. The van der Waals surface area contributed by atoms with Crippen molar-refractivity contribution in [2.75, 3.05) is 26.3 Å². The number of quaternary nitrogens is 1. The lowest BCUT2D eigenvalue weighted by atomic mass is 10.1. The average Bonchev–Trinajstić information content (AvgIpc) is 2.90. The van der Waals surface area contributed by atoms with Crippen molar-refractivity contribution in [3.8, 4) is 11.1 Å². The molecule has 1 saturated heterocycles. The molecule has 0 unspecified atom stereocenters. The summed E-state index contributed by atoms with van der Waals surface area (Å²) in [4.78, 5) is 0. The first kappa shape index (κ1) is 12.6. The van der Waals surface area contributed by atoms with Crippen molar-refractivity contribution in [2.45, 2.75) is 0 Å². The molecule has 0 atom stereocenters. The fourth-order valence-corrected chi connectivity index (χ4v) is 2.42. The molecule has 1 aromatic carbocycles. The van der Waals surface area contributed by atoms with Crippen LogP contribution in [0.5, 0.6) is 0 Å². The maximum Gasteiger partial charge on any atom is 0.231 e. The van der Waals surface area contributed by atoms with Gasteiger partial charge >= 0.3 is 0 Å². The highest BCUT2D eigenvalue weighted by Crippen LogP contribution is 2.33. The van der Waals surface area contributed by atoms with E-state index in [9.17, 15) is 5.21 Å². The van der Waals surface area contributed by atoms with Gasteiger partial charge in [-0.05, 0) is 17.7 Å². The van der Waals surface area contributed by atoms with Gasteiger partial charge in [-0.15, -0.1) is 0 Å². The molecule has 5 nitrogen and oxygen atoms in total. The minimum absolute atomic E-state index is 0.406. The van der Waals surface area contributed by atoms with Crippen molar-refractivity contribution in [1.29, 1.82) is 0 Å². The molecule has 0 aliphatic carbocycles. The van der Waals surface area contributed by atoms with Gasteiger partial charge in [0.25, 0.3) is 0 Å². The molecule has 100 valence electrons. The lowest BCUT2D eigenvalue weighted by Gasteiger charge is -2.43. The maximum atomic E-state index is 12.8. The van der Waals surface area contributed by atoms with Crippen LogP contribution in [-0.4, -0.2) is 36.5 Å². The molecule has 0 spiro atoms. The summed E-state index contributed by atoms with van der Waals surface area (Å²) in [7, 11) is 0. The van der Waals surface area contributed by atoms with Crippen LogP contribution in [0.25, 0.3) is 11.1 Å². The van der Waals surface area contributed by atoms with E-state index in [2.05, 4.69) is 10.2 Å². The molecule has 3 rings (SSSR count). The van der Waals surface area contributed by atoms with Gasteiger partial charge in [-0.2, -0.15) is 5.10 Å². The third kappa shape index (κ3) is 2.37. The zero-order valence-electron chi connectivity index (χ0n) is 10.3. The van der Waals surface area contributed by atoms with E-state index < -0.39 is 4.65 Å². The van der Waals surface area contributed by atoms with Crippen LogP contribution in [0.4, 0.5) is 5.82 Å². The van der Waals surface area contributed by atoms with Crippen LogP contribution in [0, 0.1) is 5.21 Å². The smallest absolute Gasteiger partial charge is 0.231 e. The molecule has 19 heavy (non-hydrogen) atoms. The number of rotatable bonds is 2. The van der Waals surface area contributed by atoms with Gasteiger partial charge < -0.3 is 14.6 Å².